The Morgan fingerprint density at radius 3 is 2.40 bits per heavy atom. The first kappa shape index (κ1) is 22.8. The first-order valence-electron chi connectivity index (χ1n) is 11.8. The Kier molecular flexibility index (Phi) is 6.85. The summed E-state index contributed by atoms with van der Waals surface area (Å²) < 4.78 is 13.0. The predicted octanol–water partition coefficient (Wildman–Crippen LogP) is 2.94. The van der Waals surface area contributed by atoms with Gasteiger partial charge in [0.25, 0.3) is 5.91 Å². The molecule has 1 aromatic heterocycles. The molecular formula is C26H28N6O3. The third-order valence-corrected chi connectivity index (χ3v) is 6.10. The fraction of sp³-hybridized carbons (Fsp3) is 0.308. The van der Waals surface area contributed by atoms with E-state index in [-0.39, 0.29) is 12.5 Å². The second-order valence-corrected chi connectivity index (χ2v) is 8.39. The summed E-state index contributed by atoms with van der Waals surface area (Å²) in [6.45, 7) is 6.01. The van der Waals surface area contributed by atoms with Crippen LogP contribution in [0.4, 0.5) is 0 Å². The number of tetrazole rings is 1. The van der Waals surface area contributed by atoms with Gasteiger partial charge in [0.15, 0.2) is 12.4 Å². The summed E-state index contributed by atoms with van der Waals surface area (Å²) in [6.07, 6.45) is 0. The van der Waals surface area contributed by atoms with Gasteiger partial charge in [0, 0.05) is 26.2 Å². The van der Waals surface area contributed by atoms with Gasteiger partial charge >= 0.3 is 0 Å². The number of carbonyl (C=O) groups excluding carboxylic acids is 1. The lowest BCUT2D eigenvalue weighted by Crippen LogP contribution is -2.49. The fourth-order valence-corrected chi connectivity index (χ4v) is 4.20. The van der Waals surface area contributed by atoms with Crippen LogP contribution >= 0.6 is 0 Å². The van der Waals surface area contributed by atoms with Crippen molar-refractivity contribution in [2.45, 2.75) is 13.5 Å². The third-order valence-electron chi connectivity index (χ3n) is 6.10. The summed E-state index contributed by atoms with van der Waals surface area (Å²) in [5.74, 6) is 2.28. The monoisotopic (exact) mass is 472 g/mol. The molecule has 1 aliphatic heterocycles. The maximum atomic E-state index is 12.7. The number of hydrogen-bond donors (Lipinski definition) is 0. The number of amides is 1. The largest absolute Gasteiger partial charge is 0.494 e. The lowest BCUT2D eigenvalue weighted by molar-refractivity contribution is -0.135. The minimum atomic E-state index is -0.00275. The Morgan fingerprint density at radius 2 is 1.63 bits per heavy atom. The summed E-state index contributed by atoms with van der Waals surface area (Å²) in [4.78, 5) is 16.8. The third kappa shape index (κ3) is 5.41. The molecule has 2 heterocycles. The molecule has 1 aliphatic rings. The molecule has 9 nitrogen and oxygen atoms in total. The van der Waals surface area contributed by atoms with Gasteiger partial charge < -0.3 is 14.4 Å². The van der Waals surface area contributed by atoms with Crippen LogP contribution in [0.3, 0.4) is 0 Å². The van der Waals surface area contributed by atoms with Crippen LogP contribution < -0.4 is 9.47 Å². The Morgan fingerprint density at radius 1 is 0.886 bits per heavy atom. The van der Waals surface area contributed by atoms with Crippen LogP contribution in [0.25, 0.3) is 16.5 Å². The standard InChI is InChI=1S/C26H28N6O3/c1-2-34-23-11-8-22(9-12-23)32-25(27-28-29-32)18-30-13-15-31(16-14-30)26(33)19-35-24-10-7-20-5-3-4-6-21(20)17-24/h3-12,17H,2,13-16,18-19H2,1H3. The highest BCUT2D eigenvalue weighted by atomic mass is 16.5. The molecule has 5 rings (SSSR count). The highest BCUT2D eigenvalue weighted by Crippen LogP contribution is 2.21. The van der Waals surface area contributed by atoms with Crippen molar-refractivity contribution in [1.82, 2.24) is 30.0 Å². The Labute approximate surface area is 203 Å². The zero-order chi connectivity index (χ0) is 24.0. The van der Waals surface area contributed by atoms with Gasteiger partial charge in [-0.25, -0.2) is 0 Å². The lowest BCUT2D eigenvalue weighted by Gasteiger charge is -2.34. The molecule has 0 atom stereocenters. The second-order valence-electron chi connectivity index (χ2n) is 8.39. The molecule has 0 N–H and O–H groups in total. The van der Waals surface area contributed by atoms with Crippen molar-refractivity contribution >= 4 is 16.7 Å². The SMILES string of the molecule is CCOc1ccc(-n2nnnc2CN2CCN(C(=O)COc3ccc4ccccc4c3)CC2)cc1. The molecule has 1 fully saturated rings. The van der Waals surface area contributed by atoms with Crippen LogP contribution in [0.2, 0.25) is 0 Å². The van der Waals surface area contributed by atoms with Gasteiger partial charge in [-0.2, -0.15) is 4.68 Å². The van der Waals surface area contributed by atoms with Crippen molar-refractivity contribution in [1.29, 1.82) is 0 Å². The Bertz CT molecular complexity index is 1280. The van der Waals surface area contributed by atoms with E-state index in [0.717, 1.165) is 41.1 Å². The van der Waals surface area contributed by atoms with Gasteiger partial charge in [-0.15, -0.1) is 5.10 Å². The maximum Gasteiger partial charge on any atom is 0.260 e. The van der Waals surface area contributed by atoms with Crippen LogP contribution in [0.1, 0.15) is 12.7 Å². The van der Waals surface area contributed by atoms with Crippen molar-refractivity contribution in [2.24, 2.45) is 0 Å². The molecular weight excluding hydrogens is 444 g/mol. The fourth-order valence-electron chi connectivity index (χ4n) is 4.20. The van der Waals surface area contributed by atoms with Crippen molar-refractivity contribution in [3.63, 3.8) is 0 Å². The number of benzene rings is 3. The first-order chi connectivity index (χ1) is 17.2. The number of fused-ring (bicyclic) bond motifs is 1. The molecule has 4 aromatic rings. The van der Waals surface area contributed by atoms with E-state index in [0.29, 0.717) is 32.0 Å². The van der Waals surface area contributed by atoms with E-state index in [9.17, 15) is 4.79 Å². The predicted molar refractivity (Wildman–Crippen MR) is 132 cm³/mol. The molecule has 1 saturated heterocycles. The highest BCUT2D eigenvalue weighted by Gasteiger charge is 2.23. The number of ether oxygens (including phenoxy) is 2. The maximum absolute atomic E-state index is 12.7. The van der Waals surface area contributed by atoms with Crippen molar-refractivity contribution in [2.75, 3.05) is 39.4 Å². The molecule has 0 saturated carbocycles. The van der Waals surface area contributed by atoms with Crippen LogP contribution in [0.5, 0.6) is 11.5 Å². The van der Waals surface area contributed by atoms with Crippen LogP contribution in [-0.4, -0.2) is 75.3 Å². The average Bonchev–Trinajstić information content (AvgIpc) is 3.36. The van der Waals surface area contributed by atoms with Crippen LogP contribution in [-0.2, 0) is 11.3 Å². The van der Waals surface area contributed by atoms with Gasteiger partial charge in [0.1, 0.15) is 11.5 Å². The summed E-state index contributed by atoms with van der Waals surface area (Å²) in [6, 6.07) is 21.7. The van der Waals surface area contributed by atoms with Gasteiger partial charge in [-0.3, -0.25) is 9.69 Å². The smallest absolute Gasteiger partial charge is 0.260 e. The van der Waals surface area contributed by atoms with Crippen LogP contribution in [0, 0.1) is 0 Å². The molecule has 0 unspecified atom stereocenters. The summed E-state index contributed by atoms with van der Waals surface area (Å²) in [5, 5.41) is 14.5. The minimum absolute atomic E-state index is 0.00275. The highest BCUT2D eigenvalue weighted by molar-refractivity contribution is 5.84. The molecule has 0 aliphatic carbocycles. The van der Waals surface area contributed by atoms with Gasteiger partial charge in [0.05, 0.1) is 18.8 Å². The summed E-state index contributed by atoms with van der Waals surface area (Å²) >= 11 is 0. The van der Waals surface area contributed by atoms with E-state index in [1.165, 1.54) is 0 Å². The number of carbonyl (C=O) groups is 1. The zero-order valence-electron chi connectivity index (χ0n) is 19.7. The van der Waals surface area contributed by atoms with Crippen LogP contribution in [0.15, 0.2) is 66.7 Å². The van der Waals surface area contributed by atoms with E-state index >= 15 is 0 Å². The molecule has 0 radical (unpaired) electrons. The van der Waals surface area contributed by atoms with Gasteiger partial charge in [-0.1, -0.05) is 30.3 Å². The molecule has 1 amide bonds. The second kappa shape index (κ2) is 10.5. The molecule has 3 aromatic carbocycles. The Balaban J connectivity index is 1.12. The first-order valence-corrected chi connectivity index (χ1v) is 11.8. The molecule has 9 heteroatoms. The number of piperazine rings is 1. The lowest BCUT2D eigenvalue weighted by atomic mass is 10.1. The quantitative estimate of drug-likeness (QED) is 0.390. The van der Waals surface area contributed by atoms with Crippen molar-refractivity contribution in [3.05, 3.63) is 72.6 Å². The molecule has 35 heavy (non-hydrogen) atoms. The number of rotatable bonds is 8. The molecule has 180 valence electrons. The number of nitrogens with zero attached hydrogens (tertiary/aromatic N) is 6. The normalized spacial score (nSPS) is 14.3. The molecule has 0 bridgehead atoms. The summed E-state index contributed by atoms with van der Waals surface area (Å²) in [7, 11) is 0. The van der Waals surface area contributed by atoms with E-state index < -0.39 is 0 Å². The minimum Gasteiger partial charge on any atom is -0.494 e. The van der Waals surface area contributed by atoms with Gasteiger partial charge in [0.2, 0.25) is 0 Å². The average molecular weight is 473 g/mol. The Hall–Kier alpha value is -3.98. The molecule has 0 spiro atoms. The van der Waals surface area contributed by atoms with E-state index in [2.05, 4.69) is 26.5 Å². The van der Waals surface area contributed by atoms with Crippen molar-refractivity contribution < 1.29 is 14.3 Å². The topological polar surface area (TPSA) is 85.6 Å². The van der Waals surface area contributed by atoms with E-state index in [4.69, 9.17) is 9.47 Å². The number of hydrogen-bond acceptors (Lipinski definition) is 7. The summed E-state index contributed by atoms with van der Waals surface area (Å²) in [5.41, 5.74) is 0.883. The van der Waals surface area contributed by atoms with Crippen molar-refractivity contribution in [3.8, 4) is 17.2 Å². The number of aromatic nitrogens is 4. The van der Waals surface area contributed by atoms with Gasteiger partial charge in [-0.05, 0) is 64.5 Å². The zero-order valence-corrected chi connectivity index (χ0v) is 19.7. The van der Waals surface area contributed by atoms with E-state index in [1.807, 2.05) is 72.5 Å². The van der Waals surface area contributed by atoms with E-state index in [1.54, 1.807) is 4.68 Å².